The Kier molecular flexibility index (Phi) is 6.54. The van der Waals surface area contributed by atoms with Gasteiger partial charge in [-0.1, -0.05) is 24.3 Å². The Balaban J connectivity index is 1.67. The fraction of sp³-hybridized carbons (Fsp3) is 0.105. The number of benzene rings is 1. The van der Waals surface area contributed by atoms with E-state index in [1.165, 1.54) is 11.3 Å². The SMILES string of the molecule is C=CCSc1ccccc1NC(=O)CN1C(=O)S/C(=C\c2cccs2)C1=O. The molecule has 3 rings (SSSR count). The zero-order valence-corrected chi connectivity index (χ0v) is 16.7. The van der Waals surface area contributed by atoms with Crippen LogP contribution in [0.1, 0.15) is 4.88 Å². The third-order valence-electron chi connectivity index (χ3n) is 3.51. The number of nitrogens with one attached hydrogen (secondary N) is 1. The second-order valence-corrected chi connectivity index (χ2v) is 8.46. The summed E-state index contributed by atoms with van der Waals surface area (Å²) in [4.78, 5) is 40.1. The van der Waals surface area contributed by atoms with Crippen LogP contribution in [0.25, 0.3) is 6.08 Å². The molecule has 0 radical (unpaired) electrons. The first-order valence-corrected chi connectivity index (χ1v) is 10.7. The number of amides is 3. The van der Waals surface area contributed by atoms with Gasteiger partial charge in [0.15, 0.2) is 0 Å². The third-order valence-corrected chi connectivity index (χ3v) is 6.31. The summed E-state index contributed by atoms with van der Waals surface area (Å²) < 4.78 is 0. The number of carbonyl (C=O) groups is 3. The molecule has 3 amide bonds. The number of para-hydroxylation sites is 1. The number of nitrogens with zero attached hydrogens (tertiary/aromatic N) is 1. The van der Waals surface area contributed by atoms with Gasteiger partial charge in [-0.2, -0.15) is 0 Å². The lowest BCUT2D eigenvalue weighted by Crippen LogP contribution is -2.36. The van der Waals surface area contributed by atoms with Crippen LogP contribution in [0.5, 0.6) is 0 Å². The molecule has 5 nitrogen and oxygen atoms in total. The van der Waals surface area contributed by atoms with Crippen LogP contribution in [0.3, 0.4) is 0 Å². The van der Waals surface area contributed by atoms with E-state index in [9.17, 15) is 14.4 Å². The second kappa shape index (κ2) is 9.07. The average Bonchev–Trinajstić information content (AvgIpc) is 3.25. The van der Waals surface area contributed by atoms with Gasteiger partial charge in [-0.05, 0) is 41.4 Å². The molecule has 27 heavy (non-hydrogen) atoms. The number of hydrogen-bond donors (Lipinski definition) is 1. The molecule has 1 N–H and O–H groups in total. The summed E-state index contributed by atoms with van der Waals surface area (Å²) in [5.74, 6) is -0.145. The minimum Gasteiger partial charge on any atom is -0.324 e. The van der Waals surface area contributed by atoms with Crippen LogP contribution in [0.4, 0.5) is 10.5 Å². The molecule has 0 unspecified atom stereocenters. The lowest BCUT2D eigenvalue weighted by atomic mass is 10.3. The van der Waals surface area contributed by atoms with Crippen LogP contribution >= 0.6 is 34.9 Å². The van der Waals surface area contributed by atoms with Gasteiger partial charge in [-0.25, -0.2) is 0 Å². The van der Waals surface area contributed by atoms with Crippen molar-refractivity contribution in [1.82, 2.24) is 4.90 Å². The Morgan fingerprint density at radius 3 is 2.78 bits per heavy atom. The summed E-state index contributed by atoms with van der Waals surface area (Å²) in [5.41, 5.74) is 0.649. The smallest absolute Gasteiger partial charge is 0.294 e. The summed E-state index contributed by atoms with van der Waals surface area (Å²) in [5, 5.41) is 4.24. The zero-order chi connectivity index (χ0) is 19.2. The molecule has 0 atom stereocenters. The molecular weight excluding hydrogens is 400 g/mol. The molecule has 1 aliphatic heterocycles. The normalized spacial score (nSPS) is 15.4. The monoisotopic (exact) mass is 416 g/mol. The molecule has 2 heterocycles. The molecule has 0 aliphatic carbocycles. The Morgan fingerprint density at radius 1 is 1.22 bits per heavy atom. The minimum atomic E-state index is -0.442. The van der Waals surface area contributed by atoms with E-state index in [1.807, 2.05) is 35.7 Å². The highest BCUT2D eigenvalue weighted by Crippen LogP contribution is 2.33. The molecule has 1 saturated heterocycles. The second-order valence-electron chi connectivity index (χ2n) is 5.43. The Morgan fingerprint density at radius 2 is 2.04 bits per heavy atom. The van der Waals surface area contributed by atoms with E-state index >= 15 is 0 Å². The van der Waals surface area contributed by atoms with Gasteiger partial charge in [0.2, 0.25) is 5.91 Å². The van der Waals surface area contributed by atoms with Gasteiger partial charge in [-0.15, -0.1) is 29.7 Å². The molecule has 1 aromatic heterocycles. The molecular formula is C19H16N2O3S3. The van der Waals surface area contributed by atoms with Crippen LogP contribution < -0.4 is 5.32 Å². The maximum Gasteiger partial charge on any atom is 0.294 e. The molecule has 1 aliphatic rings. The maximum atomic E-state index is 12.5. The maximum absolute atomic E-state index is 12.5. The minimum absolute atomic E-state index is 0.313. The van der Waals surface area contributed by atoms with Gasteiger partial charge in [0, 0.05) is 15.5 Å². The number of hydrogen-bond acceptors (Lipinski definition) is 6. The number of rotatable bonds is 7. The molecule has 8 heteroatoms. The number of thioether (sulfide) groups is 2. The summed E-state index contributed by atoms with van der Waals surface area (Å²) in [6.07, 6.45) is 3.46. The number of imide groups is 1. The first-order chi connectivity index (χ1) is 13.1. The van der Waals surface area contributed by atoms with Crippen LogP contribution in [-0.4, -0.2) is 34.3 Å². The number of carbonyl (C=O) groups excluding carboxylic acids is 3. The fourth-order valence-corrected chi connectivity index (χ4v) is 4.62. The van der Waals surface area contributed by atoms with Crippen molar-refractivity contribution in [2.24, 2.45) is 0 Å². The highest BCUT2D eigenvalue weighted by Gasteiger charge is 2.36. The van der Waals surface area contributed by atoms with Crippen LogP contribution in [0, 0.1) is 0 Å². The van der Waals surface area contributed by atoms with Crippen molar-refractivity contribution in [2.75, 3.05) is 17.6 Å². The van der Waals surface area contributed by atoms with Crippen molar-refractivity contribution < 1.29 is 14.4 Å². The van der Waals surface area contributed by atoms with Gasteiger partial charge < -0.3 is 5.32 Å². The van der Waals surface area contributed by atoms with Crippen molar-refractivity contribution in [3.63, 3.8) is 0 Å². The zero-order valence-electron chi connectivity index (χ0n) is 14.2. The largest absolute Gasteiger partial charge is 0.324 e. The standard InChI is InChI=1S/C19H16N2O3S3/c1-2-9-26-15-8-4-3-7-14(15)20-17(22)12-21-18(23)16(27-19(21)24)11-13-6-5-10-25-13/h2-8,10-11H,1,9,12H2,(H,20,22)/b16-11-. The fourth-order valence-electron chi connectivity index (χ4n) is 2.32. The lowest BCUT2D eigenvalue weighted by molar-refractivity contribution is -0.127. The van der Waals surface area contributed by atoms with E-state index in [1.54, 1.807) is 30.0 Å². The summed E-state index contributed by atoms with van der Waals surface area (Å²) in [6.45, 7) is 3.38. The highest BCUT2D eigenvalue weighted by molar-refractivity contribution is 8.18. The van der Waals surface area contributed by atoms with Crippen LogP contribution in [0.15, 0.2) is 64.2 Å². The van der Waals surface area contributed by atoms with Crippen LogP contribution in [0.2, 0.25) is 0 Å². The van der Waals surface area contributed by atoms with Crippen molar-refractivity contribution in [2.45, 2.75) is 4.90 Å². The van der Waals surface area contributed by atoms with Gasteiger partial charge in [0.1, 0.15) is 6.54 Å². The summed E-state index contributed by atoms with van der Waals surface area (Å²) in [7, 11) is 0. The van der Waals surface area contributed by atoms with Crippen LogP contribution in [-0.2, 0) is 9.59 Å². The van der Waals surface area contributed by atoms with Gasteiger partial charge in [-0.3, -0.25) is 19.3 Å². The first-order valence-electron chi connectivity index (χ1n) is 8.00. The summed E-state index contributed by atoms with van der Waals surface area (Å²) in [6, 6.07) is 11.1. The van der Waals surface area contributed by atoms with Crippen molar-refractivity contribution in [1.29, 1.82) is 0 Å². The van der Waals surface area contributed by atoms with Crippen molar-refractivity contribution in [3.8, 4) is 0 Å². The van der Waals surface area contributed by atoms with Crippen molar-refractivity contribution >= 4 is 63.7 Å². The van der Waals surface area contributed by atoms with E-state index in [4.69, 9.17) is 0 Å². The quantitative estimate of drug-likeness (QED) is 0.403. The van der Waals surface area contributed by atoms with E-state index in [-0.39, 0.29) is 6.54 Å². The topological polar surface area (TPSA) is 66.5 Å². The Bertz CT molecular complexity index is 907. The van der Waals surface area contributed by atoms with Gasteiger partial charge in [0.05, 0.1) is 10.6 Å². The predicted molar refractivity (Wildman–Crippen MR) is 113 cm³/mol. The van der Waals surface area contributed by atoms with Gasteiger partial charge in [0.25, 0.3) is 11.1 Å². The molecule has 0 spiro atoms. The lowest BCUT2D eigenvalue weighted by Gasteiger charge is -2.14. The summed E-state index contributed by atoms with van der Waals surface area (Å²) >= 11 is 3.87. The highest BCUT2D eigenvalue weighted by atomic mass is 32.2. The van der Waals surface area contributed by atoms with E-state index in [0.717, 1.165) is 26.4 Å². The average molecular weight is 417 g/mol. The van der Waals surface area contributed by atoms with E-state index in [0.29, 0.717) is 16.3 Å². The van der Waals surface area contributed by atoms with Gasteiger partial charge >= 0.3 is 0 Å². The molecule has 0 bridgehead atoms. The Hall–Kier alpha value is -2.29. The third kappa shape index (κ3) is 4.91. The molecule has 0 saturated carbocycles. The van der Waals surface area contributed by atoms with E-state index in [2.05, 4.69) is 11.9 Å². The molecule has 1 fully saturated rings. The number of thiophene rings is 1. The predicted octanol–water partition coefficient (Wildman–Crippen LogP) is 4.70. The number of anilines is 1. The Labute approximate surface area is 169 Å². The van der Waals surface area contributed by atoms with Crippen molar-refractivity contribution in [3.05, 3.63) is 64.2 Å². The van der Waals surface area contributed by atoms with E-state index < -0.39 is 17.1 Å². The molecule has 2 aromatic rings. The molecule has 1 aromatic carbocycles. The molecule has 138 valence electrons. The first kappa shape index (κ1) is 19.5.